The van der Waals surface area contributed by atoms with Crippen molar-refractivity contribution in [3.63, 3.8) is 0 Å². The average Bonchev–Trinajstić information content (AvgIpc) is 3.03. The maximum Gasteiger partial charge on any atom is 0.211 e. The summed E-state index contributed by atoms with van der Waals surface area (Å²) in [4.78, 5) is 11.4. The fourth-order valence-electron chi connectivity index (χ4n) is 4.18. The highest BCUT2D eigenvalue weighted by molar-refractivity contribution is 5.98. The van der Waals surface area contributed by atoms with Gasteiger partial charge < -0.3 is 16.8 Å². The van der Waals surface area contributed by atoms with E-state index in [1.54, 1.807) is 0 Å². The molecular weight excluding hydrogens is 390 g/mol. The third kappa shape index (κ3) is 4.23. The molecule has 158 valence electrons. The molecule has 1 aromatic heterocycles. The number of fused-ring (bicyclic) bond motifs is 1. The minimum absolute atomic E-state index is 0.0380. The fraction of sp³-hybridized carbons (Fsp3) is 0.364. The molecule has 0 spiro atoms. The van der Waals surface area contributed by atoms with E-state index in [1.807, 2.05) is 24.4 Å². The molecule has 31 heavy (non-hydrogen) atoms. The van der Waals surface area contributed by atoms with Crippen LogP contribution in [0.3, 0.4) is 0 Å². The molecule has 2 aromatic rings. The van der Waals surface area contributed by atoms with E-state index in [0.717, 1.165) is 25.2 Å². The number of rotatable bonds is 3. The van der Waals surface area contributed by atoms with Gasteiger partial charge in [-0.25, -0.2) is 9.98 Å². The van der Waals surface area contributed by atoms with Gasteiger partial charge in [-0.2, -0.15) is 10.5 Å². The summed E-state index contributed by atoms with van der Waals surface area (Å²) in [5.74, 6) is 0.682. The number of guanidine groups is 1. The highest BCUT2D eigenvalue weighted by Gasteiger charge is 2.29. The lowest BCUT2D eigenvalue weighted by molar-refractivity contribution is 0.277. The van der Waals surface area contributed by atoms with Crippen LogP contribution in [0.15, 0.2) is 29.3 Å². The molecule has 0 aliphatic carbocycles. The minimum atomic E-state index is -0.514. The smallest absolute Gasteiger partial charge is 0.211 e. The molecule has 4 rings (SSSR count). The summed E-state index contributed by atoms with van der Waals surface area (Å²) in [7, 11) is 0. The van der Waals surface area contributed by atoms with E-state index < -0.39 is 6.04 Å². The number of hydrogen-bond donors (Lipinski definition) is 4. The zero-order valence-corrected chi connectivity index (χ0v) is 17.2. The zero-order valence-electron chi connectivity index (χ0n) is 17.2. The Kier molecular flexibility index (Phi) is 5.87. The second kappa shape index (κ2) is 8.90. The van der Waals surface area contributed by atoms with Gasteiger partial charge in [-0.15, -0.1) is 0 Å². The van der Waals surface area contributed by atoms with Crippen molar-refractivity contribution in [2.24, 2.45) is 4.99 Å². The van der Waals surface area contributed by atoms with Gasteiger partial charge in [0.2, 0.25) is 5.96 Å². The summed E-state index contributed by atoms with van der Waals surface area (Å²) in [6.45, 7) is 3.20. The second-order valence-electron chi connectivity index (χ2n) is 7.83. The summed E-state index contributed by atoms with van der Waals surface area (Å²) >= 11 is 0. The molecule has 6 N–H and O–H groups in total. The van der Waals surface area contributed by atoms with Gasteiger partial charge in [0.1, 0.15) is 29.3 Å². The molecule has 2 aliphatic heterocycles. The lowest BCUT2D eigenvalue weighted by atomic mass is 9.94. The second-order valence-corrected chi connectivity index (χ2v) is 7.83. The Hall–Kier alpha value is -3.82. The summed E-state index contributed by atoms with van der Waals surface area (Å²) in [5.41, 5.74) is 15.3. The molecule has 0 amide bonds. The van der Waals surface area contributed by atoms with Crippen LogP contribution in [0.2, 0.25) is 0 Å². The van der Waals surface area contributed by atoms with E-state index in [0.29, 0.717) is 11.4 Å². The molecule has 0 bridgehead atoms. The van der Waals surface area contributed by atoms with E-state index in [-0.39, 0.29) is 23.0 Å². The third-order valence-corrected chi connectivity index (χ3v) is 5.76. The number of anilines is 3. The first-order valence-electron chi connectivity index (χ1n) is 10.4. The maximum absolute atomic E-state index is 9.44. The molecule has 1 aromatic carbocycles. The Morgan fingerprint density at radius 1 is 1.10 bits per heavy atom. The van der Waals surface area contributed by atoms with Crippen LogP contribution in [-0.4, -0.2) is 28.9 Å². The van der Waals surface area contributed by atoms with Gasteiger partial charge in [0, 0.05) is 12.1 Å². The van der Waals surface area contributed by atoms with Crippen LogP contribution >= 0.6 is 0 Å². The number of likely N-dealkylation sites (tertiary alicyclic amines) is 1. The van der Waals surface area contributed by atoms with E-state index in [2.05, 4.69) is 37.6 Å². The number of benzene rings is 1. The Bertz CT molecular complexity index is 1070. The molecule has 1 saturated heterocycles. The molecule has 2 aliphatic rings. The maximum atomic E-state index is 9.44. The first-order chi connectivity index (χ1) is 15.1. The number of hydrogen-bond acceptors (Lipinski definition) is 9. The van der Waals surface area contributed by atoms with Crippen LogP contribution in [-0.2, 0) is 6.54 Å². The van der Waals surface area contributed by atoms with Crippen LogP contribution in [0, 0.1) is 22.8 Å². The van der Waals surface area contributed by atoms with Crippen molar-refractivity contribution in [3.05, 3.63) is 46.5 Å². The van der Waals surface area contributed by atoms with Gasteiger partial charge in [0.15, 0.2) is 6.19 Å². The zero-order chi connectivity index (χ0) is 21.8. The van der Waals surface area contributed by atoms with Crippen molar-refractivity contribution in [1.82, 2.24) is 15.2 Å². The van der Waals surface area contributed by atoms with Gasteiger partial charge in [-0.05, 0) is 37.1 Å². The minimum Gasteiger partial charge on any atom is -0.397 e. The molecule has 0 radical (unpaired) electrons. The van der Waals surface area contributed by atoms with Crippen molar-refractivity contribution in [3.8, 4) is 12.3 Å². The number of nitrogens with zero attached hydrogens (tertiary/aromatic N) is 5. The van der Waals surface area contributed by atoms with E-state index in [1.165, 1.54) is 31.2 Å². The Morgan fingerprint density at radius 2 is 1.81 bits per heavy atom. The molecular formula is C22H25N9. The number of pyridine rings is 1. The molecule has 1 unspecified atom stereocenters. The van der Waals surface area contributed by atoms with Gasteiger partial charge in [-0.1, -0.05) is 37.1 Å². The quantitative estimate of drug-likeness (QED) is 0.440. The van der Waals surface area contributed by atoms with E-state index in [9.17, 15) is 5.26 Å². The van der Waals surface area contributed by atoms with Crippen molar-refractivity contribution in [1.29, 1.82) is 10.5 Å². The Balaban J connectivity index is 1.66. The monoisotopic (exact) mass is 415 g/mol. The third-order valence-electron chi connectivity index (χ3n) is 5.76. The molecule has 3 heterocycles. The van der Waals surface area contributed by atoms with Crippen molar-refractivity contribution >= 4 is 23.3 Å². The Morgan fingerprint density at radius 3 is 2.45 bits per heavy atom. The highest BCUT2D eigenvalue weighted by atomic mass is 15.2. The summed E-state index contributed by atoms with van der Waals surface area (Å²) in [6, 6.07) is 9.73. The molecule has 9 heteroatoms. The van der Waals surface area contributed by atoms with Crippen molar-refractivity contribution in [2.75, 3.05) is 29.9 Å². The molecule has 1 fully saturated rings. The fourth-order valence-corrected chi connectivity index (χ4v) is 4.18. The van der Waals surface area contributed by atoms with Crippen LogP contribution < -0.4 is 22.1 Å². The Labute approximate surface area is 181 Å². The van der Waals surface area contributed by atoms with Crippen LogP contribution in [0.4, 0.5) is 17.3 Å². The van der Waals surface area contributed by atoms with Crippen molar-refractivity contribution in [2.45, 2.75) is 38.3 Å². The normalized spacial score (nSPS) is 18.5. The summed E-state index contributed by atoms with van der Waals surface area (Å²) in [5, 5.41) is 23.9. The van der Waals surface area contributed by atoms with Crippen LogP contribution in [0.1, 0.15) is 54.0 Å². The number of aromatic nitrogens is 1. The average molecular weight is 416 g/mol. The van der Waals surface area contributed by atoms with Gasteiger partial charge in [0.05, 0.1) is 5.69 Å². The molecule has 9 nitrogen and oxygen atoms in total. The van der Waals surface area contributed by atoms with Crippen LogP contribution in [0.5, 0.6) is 0 Å². The largest absolute Gasteiger partial charge is 0.397 e. The summed E-state index contributed by atoms with van der Waals surface area (Å²) in [6.07, 6.45) is 6.99. The number of nitrogens with two attached hydrogens (primary N) is 2. The number of nitriles is 2. The first-order valence-corrected chi connectivity index (χ1v) is 10.4. The summed E-state index contributed by atoms with van der Waals surface area (Å²) < 4.78 is 0. The number of nitrogen functional groups attached to an aromatic ring is 2. The van der Waals surface area contributed by atoms with Gasteiger partial charge in [0.25, 0.3) is 0 Å². The lowest BCUT2D eigenvalue weighted by Crippen LogP contribution is -2.32. The predicted molar refractivity (Wildman–Crippen MR) is 120 cm³/mol. The van der Waals surface area contributed by atoms with E-state index in [4.69, 9.17) is 16.7 Å². The number of aliphatic imine (C=N–C) groups is 1. The molecule has 1 atom stereocenters. The van der Waals surface area contributed by atoms with Gasteiger partial charge >= 0.3 is 0 Å². The number of nitrogens with one attached hydrogen (secondary N) is 2. The van der Waals surface area contributed by atoms with Crippen molar-refractivity contribution < 1.29 is 0 Å². The standard InChI is InChI=1S/C22H25N9/c23-11-16-18(25)17-19(28-22(27-13-24)30-21(17)29-20(16)26)15-7-5-14(6-8-15)12-31-9-3-1-2-4-10-31/h5-8,19H,1-4,9-10,12H2,(H6,25,26,27,28,29,30). The lowest BCUT2D eigenvalue weighted by Gasteiger charge is -2.26. The van der Waals surface area contributed by atoms with Crippen LogP contribution in [0.25, 0.3) is 0 Å². The van der Waals surface area contributed by atoms with E-state index >= 15 is 0 Å². The molecule has 0 saturated carbocycles. The first kappa shape index (κ1) is 20.5. The SMILES string of the molecule is N#CNC1=NC(c2ccc(CN3CCCCCC3)cc2)c2c(nc(N)c(C#N)c2N)N1. The highest BCUT2D eigenvalue weighted by Crippen LogP contribution is 2.40. The van der Waals surface area contributed by atoms with Gasteiger partial charge in [-0.3, -0.25) is 10.2 Å². The predicted octanol–water partition coefficient (Wildman–Crippen LogP) is 2.44. The topological polar surface area (TPSA) is 152 Å².